The molecule has 132 valence electrons. The van der Waals surface area contributed by atoms with E-state index in [1.165, 1.54) is 18.1 Å². The molecule has 3 aromatic rings. The summed E-state index contributed by atoms with van der Waals surface area (Å²) in [5, 5.41) is 14.3. The van der Waals surface area contributed by atoms with Crippen molar-refractivity contribution in [3.63, 3.8) is 0 Å². The molecule has 0 unspecified atom stereocenters. The molecule has 0 saturated carbocycles. The Balaban J connectivity index is 1.56. The number of nitrogens with zero attached hydrogens (tertiary/aromatic N) is 4. The fourth-order valence-electron chi connectivity index (χ4n) is 2.20. The average Bonchev–Trinajstić information content (AvgIpc) is 3.34. The molecule has 9 nitrogen and oxygen atoms in total. The van der Waals surface area contributed by atoms with Crippen molar-refractivity contribution in [3.8, 4) is 0 Å². The number of carbonyl (C=O) groups is 1. The van der Waals surface area contributed by atoms with Gasteiger partial charge in [0, 0.05) is 14.2 Å². The van der Waals surface area contributed by atoms with Gasteiger partial charge in [-0.2, -0.15) is 10.2 Å². The second-order valence-electron chi connectivity index (χ2n) is 5.32. The van der Waals surface area contributed by atoms with Crippen molar-refractivity contribution in [2.24, 2.45) is 0 Å². The first-order valence-electron chi connectivity index (χ1n) is 7.50. The molecule has 3 rings (SSSR count). The molecule has 2 N–H and O–H groups in total. The molecular weight excluding hydrogens is 344 g/mol. The van der Waals surface area contributed by atoms with Crippen LogP contribution in [0, 0.1) is 0 Å². The minimum atomic E-state index is -0.196. The number of H-pyrrole nitrogens is 2. The zero-order valence-corrected chi connectivity index (χ0v) is 14.7. The van der Waals surface area contributed by atoms with Gasteiger partial charge in [0.2, 0.25) is 0 Å². The molecule has 3 heterocycles. The summed E-state index contributed by atoms with van der Waals surface area (Å²) in [7, 11) is 3.32. The molecule has 0 radical (unpaired) electrons. The molecular formula is C15H18N6O3S. The van der Waals surface area contributed by atoms with E-state index in [4.69, 9.17) is 9.15 Å². The van der Waals surface area contributed by atoms with Crippen LogP contribution in [-0.4, -0.2) is 50.3 Å². The Labute approximate surface area is 148 Å². The number of aromatic amines is 2. The van der Waals surface area contributed by atoms with Gasteiger partial charge in [-0.3, -0.25) is 15.0 Å². The van der Waals surface area contributed by atoms with Crippen LogP contribution >= 0.6 is 11.8 Å². The summed E-state index contributed by atoms with van der Waals surface area (Å²) in [5.74, 6) is 1.36. The molecule has 0 fully saturated rings. The zero-order chi connectivity index (χ0) is 17.6. The number of rotatable bonds is 8. The number of aromatic nitrogens is 5. The number of hydrogen-bond acceptors (Lipinski definition) is 7. The monoisotopic (exact) mass is 362 g/mol. The lowest BCUT2D eigenvalue weighted by atomic mass is 10.3. The van der Waals surface area contributed by atoms with Crippen molar-refractivity contribution < 1.29 is 13.9 Å². The lowest BCUT2D eigenvalue weighted by Crippen LogP contribution is -2.25. The lowest BCUT2D eigenvalue weighted by Gasteiger charge is -2.14. The van der Waals surface area contributed by atoms with Gasteiger partial charge in [0.05, 0.1) is 30.3 Å². The topological polar surface area (TPSA) is 113 Å². The number of methoxy groups -OCH3 is 1. The van der Waals surface area contributed by atoms with Gasteiger partial charge in [-0.05, 0) is 18.2 Å². The molecule has 3 aromatic heterocycles. The fraction of sp³-hybridized carbons (Fsp3) is 0.333. The third-order valence-corrected chi connectivity index (χ3v) is 4.25. The summed E-state index contributed by atoms with van der Waals surface area (Å²) < 4.78 is 10.7. The number of ether oxygens (including phenoxy) is 1. The molecule has 0 aromatic carbocycles. The van der Waals surface area contributed by atoms with E-state index in [0.717, 1.165) is 11.4 Å². The molecule has 10 heteroatoms. The van der Waals surface area contributed by atoms with Gasteiger partial charge in [-0.25, -0.2) is 4.98 Å². The van der Waals surface area contributed by atoms with E-state index in [2.05, 4.69) is 25.4 Å². The van der Waals surface area contributed by atoms with Crippen LogP contribution < -0.4 is 0 Å². The molecule has 0 aliphatic heterocycles. The van der Waals surface area contributed by atoms with Crippen LogP contribution in [0.15, 0.2) is 34.1 Å². The predicted octanol–water partition coefficient (Wildman–Crippen LogP) is 1.83. The molecule has 0 aliphatic rings. The van der Waals surface area contributed by atoms with E-state index in [9.17, 15) is 4.79 Å². The Morgan fingerprint density at radius 3 is 3.04 bits per heavy atom. The summed E-state index contributed by atoms with van der Waals surface area (Å²) in [6.07, 6.45) is 1.45. The largest absolute Gasteiger partial charge is 0.455 e. The van der Waals surface area contributed by atoms with Gasteiger partial charge in [0.25, 0.3) is 5.91 Å². The number of carbonyl (C=O) groups excluding carboxylic acids is 1. The highest BCUT2D eigenvalue weighted by Crippen LogP contribution is 2.20. The third kappa shape index (κ3) is 4.48. The van der Waals surface area contributed by atoms with Crippen molar-refractivity contribution in [1.82, 2.24) is 30.3 Å². The van der Waals surface area contributed by atoms with E-state index < -0.39 is 0 Å². The first-order chi connectivity index (χ1) is 12.2. The summed E-state index contributed by atoms with van der Waals surface area (Å²) in [6, 6.07) is 5.34. The standard InChI is InChI=1S/C15H18N6O3S/c1-21(6-10-5-11(7-23-2)19-18-10)14(22)13-4-3-12(24-13)8-25-15-16-9-17-20-15/h3-5,9H,6-8H2,1-2H3,(H,18,19)(H,16,17,20). The first-order valence-corrected chi connectivity index (χ1v) is 8.48. The lowest BCUT2D eigenvalue weighted by molar-refractivity contribution is 0.0750. The maximum absolute atomic E-state index is 12.5. The van der Waals surface area contributed by atoms with Crippen molar-refractivity contribution in [2.45, 2.75) is 24.1 Å². The van der Waals surface area contributed by atoms with Crippen molar-refractivity contribution in [1.29, 1.82) is 0 Å². The minimum absolute atomic E-state index is 0.196. The third-order valence-electron chi connectivity index (χ3n) is 3.35. The van der Waals surface area contributed by atoms with Gasteiger partial charge in [-0.15, -0.1) is 0 Å². The minimum Gasteiger partial charge on any atom is -0.455 e. The Kier molecular flexibility index (Phi) is 5.51. The number of nitrogens with one attached hydrogen (secondary N) is 2. The summed E-state index contributed by atoms with van der Waals surface area (Å²) in [5.41, 5.74) is 1.62. The molecule has 1 amide bonds. The highest BCUT2D eigenvalue weighted by atomic mass is 32.2. The van der Waals surface area contributed by atoms with E-state index in [-0.39, 0.29) is 5.91 Å². The van der Waals surface area contributed by atoms with E-state index in [1.807, 2.05) is 6.07 Å². The molecule has 0 bridgehead atoms. The Hall–Kier alpha value is -2.59. The van der Waals surface area contributed by atoms with Crippen LogP contribution in [0.3, 0.4) is 0 Å². The van der Waals surface area contributed by atoms with E-state index in [0.29, 0.717) is 35.6 Å². The number of amides is 1. The summed E-state index contributed by atoms with van der Waals surface area (Å²) >= 11 is 1.45. The quantitative estimate of drug-likeness (QED) is 0.588. The van der Waals surface area contributed by atoms with E-state index in [1.54, 1.807) is 31.2 Å². The van der Waals surface area contributed by atoms with Gasteiger partial charge in [0.15, 0.2) is 10.9 Å². The Morgan fingerprint density at radius 2 is 2.28 bits per heavy atom. The second-order valence-corrected chi connectivity index (χ2v) is 6.29. The highest BCUT2D eigenvalue weighted by Gasteiger charge is 2.17. The van der Waals surface area contributed by atoms with Crippen LogP contribution in [0.4, 0.5) is 0 Å². The van der Waals surface area contributed by atoms with Crippen molar-refractivity contribution >= 4 is 17.7 Å². The van der Waals surface area contributed by atoms with Gasteiger partial charge in [0.1, 0.15) is 12.1 Å². The van der Waals surface area contributed by atoms with Crippen LogP contribution in [-0.2, 0) is 23.6 Å². The highest BCUT2D eigenvalue weighted by molar-refractivity contribution is 7.98. The first kappa shape index (κ1) is 17.2. The Bertz CT molecular complexity index is 813. The normalized spacial score (nSPS) is 11.0. The zero-order valence-electron chi connectivity index (χ0n) is 13.9. The van der Waals surface area contributed by atoms with Gasteiger partial charge in [-0.1, -0.05) is 11.8 Å². The molecule has 25 heavy (non-hydrogen) atoms. The summed E-state index contributed by atoms with van der Waals surface area (Å²) in [6.45, 7) is 0.830. The average molecular weight is 362 g/mol. The van der Waals surface area contributed by atoms with Gasteiger partial charge < -0.3 is 14.1 Å². The van der Waals surface area contributed by atoms with Crippen molar-refractivity contribution in [2.75, 3.05) is 14.2 Å². The predicted molar refractivity (Wildman–Crippen MR) is 89.7 cm³/mol. The molecule has 0 aliphatic carbocycles. The maximum atomic E-state index is 12.5. The van der Waals surface area contributed by atoms with Crippen molar-refractivity contribution in [3.05, 3.63) is 47.4 Å². The SMILES string of the molecule is COCc1cc(CN(C)C(=O)c2ccc(CSc3ncn[nH]3)o2)[nH]n1. The maximum Gasteiger partial charge on any atom is 0.289 e. The van der Waals surface area contributed by atoms with Crippen LogP contribution in [0.2, 0.25) is 0 Å². The molecule has 0 saturated heterocycles. The summed E-state index contributed by atoms with van der Waals surface area (Å²) in [4.78, 5) is 18.1. The Morgan fingerprint density at radius 1 is 1.40 bits per heavy atom. The second kappa shape index (κ2) is 7.99. The van der Waals surface area contributed by atoms with Crippen LogP contribution in [0.25, 0.3) is 0 Å². The molecule has 0 spiro atoms. The van der Waals surface area contributed by atoms with Gasteiger partial charge >= 0.3 is 0 Å². The van der Waals surface area contributed by atoms with Crippen LogP contribution in [0.5, 0.6) is 0 Å². The number of hydrogen-bond donors (Lipinski definition) is 2. The molecule has 0 atom stereocenters. The van der Waals surface area contributed by atoms with Crippen LogP contribution in [0.1, 0.15) is 27.7 Å². The fourth-order valence-corrected chi connectivity index (χ4v) is 2.87. The van der Waals surface area contributed by atoms with E-state index >= 15 is 0 Å². The number of furan rings is 1. The smallest absolute Gasteiger partial charge is 0.289 e. The number of thioether (sulfide) groups is 1.